The van der Waals surface area contributed by atoms with Crippen LogP contribution in [0.1, 0.15) is 71.6 Å². The zero-order valence-electron chi connectivity index (χ0n) is 43.0. The second-order valence-electron chi connectivity index (χ2n) is 21.8. The summed E-state index contributed by atoms with van der Waals surface area (Å²) in [4.78, 5) is 4.89. The molecule has 1 aliphatic heterocycles. The Kier molecular flexibility index (Phi) is 10.5. The summed E-state index contributed by atoms with van der Waals surface area (Å²) in [6.45, 7) is 6.69. The van der Waals surface area contributed by atoms with Crippen LogP contribution in [0.3, 0.4) is 0 Å². The van der Waals surface area contributed by atoms with Crippen molar-refractivity contribution in [3.63, 3.8) is 0 Å². The number of nitrogens with zero attached hydrogens (tertiary/aromatic N) is 4. The molecule has 6 heteroatoms. The van der Waals surface area contributed by atoms with E-state index in [-0.39, 0.29) is 38.3 Å². The van der Waals surface area contributed by atoms with Gasteiger partial charge < -0.3 is 13.9 Å². The summed E-state index contributed by atoms with van der Waals surface area (Å²) in [7, 11) is 0. The van der Waals surface area contributed by atoms with Crippen molar-refractivity contribution in [2.75, 3.05) is 0 Å². The summed E-state index contributed by atoms with van der Waals surface area (Å²) < 4.78 is 13.4. The number of ether oxygens (including phenoxy) is 1. The molecule has 17 rings (SSSR count). The van der Waals surface area contributed by atoms with E-state index in [1.54, 1.807) is 0 Å². The van der Waals surface area contributed by atoms with Gasteiger partial charge in [-0.05, 0) is 136 Å². The third-order valence-electron chi connectivity index (χ3n) is 16.5. The molecule has 13 aromatic rings. The minimum Gasteiger partial charge on any atom is -0.510 e. The van der Waals surface area contributed by atoms with Crippen molar-refractivity contribution < 1.29 is 30.4 Å². The van der Waals surface area contributed by atoms with Crippen molar-refractivity contribution in [3.8, 4) is 73.2 Å². The summed E-state index contributed by atoms with van der Waals surface area (Å²) in [6.07, 6.45) is 5.80. The maximum Gasteiger partial charge on any atom is 0.268 e. The number of para-hydroxylation sites is 2. The van der Waals surface area contributed by atoms with E-state index in [0.29, 0.717) is 11.5 Å². The second-order valence-corrected chi connectivity index (χ2v) is 21.8. The van der Waals surface area contributed by atoms with E-state index in [1.165, 1.54) is 61.2 Å². The Balaban J connectivity index is 0.00000529. The number of fused-ring (bicyclic) bond motifs is 10. The van der Waals surface area contributed by atoms with E-state index < -0.39 is 0 Å². The maximum absolute atomic E-state index is 6.75. The topological polar surface area (TPSA) is 35.9 Å². The van der Waals surface area contributed by atoms with Gasteiger partial charge in [0.2, 0.25) is 0 Å². The number of rotatable bonds is 5. The monoisotopic (exact) mass is 1180 g/mol. The molecule has 0 spiro atoms. The van der Waals surface area contributed by atoms with Gasteiger partial charge in [0, 0.05) is 56.1 Å². The van der Waals surface area contributed by atoms with Crippen LogP contribution in [-0.4, -0.2) is 14.1 Å². The summed E-state index contributed by atoms with van der Waals surface area (Å²) >= 11 is 0. The van der Waals surface area contributed by atoms with Gasteiger partial charge in [-0.3, -0.25) is 4.57 Å². The quantitative estimate of drug-likeness (QED) is 0.127. The van der Waals surface area contributed by atoms with Crippen LogP contribution >= 0.6 is 0 Å². The Morgan fingerprint density at radius 3 is 1.78 bits per heavy atom. The van der Waals surface area contributed by atoms with Gasteiger partial charge in [0.05, 0.1) is 16.7 Å². The van der Waals surface area contributed by atoms with Crippen LogP contribution in [0.25, 0.3) is 94.5 Å². The van der Waals surface area contributed by atoms with Crippen molar-refractivity contribution in [2.45, 2.75) is 38.0 Å². The van der Waals surface area contributed by atoms with E-state index in [2.05, 4.69) is 253 Å². The molecule has 4 heterocycles. The van der Waals surface area contributed by atoms with Gasteiger partial charge >= 0.3 is 0 Å². The van der Waals surface area contributed by atoms with Gasteiger partial charge in [-0.2, -0.15) is 18.2 Å². The van der Waals surface area contributed by atoms with Crippen LogP contribution in [-0.2, 0) is 26.5 Å². The predicted molar refractivity (Wildman–Crippen MR) is 309 cm³/mol. The van der Waals surface area contributed by atoms with Gasteiger partial charge in [0.15, 0.2) is 0 Å². The molecule has 2 bridgehead atoms. The third kappa shape index (κ3) is 6.97. The molecule has 0 unspecified atom stereocenters. The van der Waals surface area contributed by atoms with E-state index in [0.717, 1.165) is 72.3 Å². The number of benzene rings is 10. The SMILES string of the molecule is CC(C)(C)c1ccnc(-n2c3[c-]c(Oc4[c-]c(-n5[c-][n+]6c7c(cccc75)-c5ccccc5-c5ccccc5-c5cc(-c7ccc8c(c7)C7c9ccccc9C8c8ccccc87)ccc5-6)ccc4)ccc3c3ccccc32)c1.[Pt]. The number of hydrogen-bond acceptors (Lipinski definition) is 2. The maximum atomic E-state index is 6.75. The Hall–Kier alpha value is -8.89. The normalized spacial score (nSPS) is 14.5. The minimum atomic E-state index is -0.0391. The molecule has 0 saturated heterocycles. The number of hydrogen-bond donors (Lipinski definition) is 0. The van der Waals surface area contributed by atoms with Crippen LogP contribution in [0, 0.1) is 18.5 Å². The Labute approximate surface area is 467 Å². The zero-order chi connectivity index (χ0) is 51.1. The average molecular weight is 1180 g/mol. The summed E-state index contributed by atoms with van der Waals surface area (Å²) in [5.74, 6) is 2.43. The molecule has 374 valence electrons. The molecule has 78 heavy (non-hydrogen) atoms. The smallest absolute Gasteiger partial charge is 0.268 e. The molecule has 0 amide bonds. The minimum absolute atomic E-state index is 0. The van der Waals surface area contributed by atoms with Crippen molar-refractivity contribution in [1.29, 1.82) is 0 Å². The summed E-state index contributed by atoms with van der Waals surface area (Å²) in [5.41, 5.74) is 24.9. The fourth-order valence-electron chi connectivity index (χ4n) is 13.0. The van der Waals surface area contributed by atoms with Crippen molar-refractivity contribution >= 4 is 32.8 Å². The predicted octanol–water partition coefficient (Wildman–Crippen LogP) is 16.9. The molecule has 0 N–H and O–H groups in total. The molecule has 0 radical (unpaired) electrons. The van der Waals surface area contributed by atoms with Gasteiger partial charge in [0.25, 0.3) is 6.33 Å². The molecular formula is C72H48N4OPt-2. The van der Waals surface area contributed by atoms with E-state index in [4.69, 9.17) is 9.72 Å². The van der Waals surface area contributed by atoms with Gasteiger partial charge in [0.1, 0.15) is 5.82 Å². The Morgan fingerprint density at radius 2 is 1.05 bits per heavy atom. The number of pyridine rings is 1. The standard InChI is InChI=1S/C72H48N4O.Pt/c1-72(2,3)46-36-37-73-68(40-46)76-65-28-13-12-22-54(65)55-34-32-49(42-67(55)76)77-48-17-14-16-47(41-48)74-43-75-64-35-31-45(44-30-33-60-63(39-44)70-58-25-10-8-23-56(58)69(60)57-24-9-11-26-59(57)70)38-62(64)53-21-7-5-19-51(53)50-18-4-6-20-52(50)61-27-15-29-66(74)71(61)75;/h4-40,69-70H,1-3H3;/q-2;. The third-order valence-corrected chi connectivity index (χ3v) is 16.5. The van der Waals surface area contributed by atoms with Gasteiger partial charge in [-0.1, -0.05) is 178 Å². The first-order valence-electron chi connectivity index (χ1n) is 26.6. The molecule has 0 saturated carbocycles. The largest absolute Gasteiger partial charge is 0.510 e. The fourth-order valence-corrected chi connectivity index (χ4v) is 13.0. The molecule has 0 fully saturated rings. The van der Waals surface area contributed by atoms with Crippen molar-refractivity contribution in [2.24, 2.45) is 0 Å². The molecule has 10 aromatic carbocycles. The Bertz CT molecular complexity index is 4580. The number of imidazole rings is 1. The molecule has 3 aliphatic carbocycles. The zero-order valence-corrected chi connectivity index (χ0v) is 45.3. The van der Waals surface area contributed by atoms with E-state index in [9.17, 15) is 0 Å². The van der Waals surface area contributed by atoms with Crippen LogP contribution in [0.5, 0.6) is 11.5 Å². The van der Waals surface area contributed by atoms with E-state index in [1.807, 2.05) is 24.4 Å². The molecule has 3 aromatic heterocycles. The Morgan fingerprint density at radius 1 is 0.474 bits per heavy atom. The summed E-state index contributed by atoms with van der Waals surface area (Å²) in [6, 6.07) is 87.0. The van der Waals surface area contributed by atoms with Crippen LogP contribution in [0.2, 0.25) is 0 Å². The van der Waals surface area contributed by atoms with E-state index >= 15 is 0 Å². The van der Waals surface area contributed by atoms with Crippen LogP contribution in [0.4, 0.5) is 0 Å². The average Bonchev–Trinajstić information content (AvgIpc) is 3.47. The first kappa shape index (κ1) is 46.4. The van der Waals surface area contributed by atoms with Crippen LogP contribution < -0.4 is 9.30 Å². The number of aromatic nitrogens is 4. The van der Waals surface area contributed by atoms with Gasteiger partial charge in [-0.25, -0.2) is 4.98 Å². The molecule has 0 atom stereocenters. The summed E-state index contributed by atoms with van der Waals surface area (Å²) in [5, 5.41) is 2.22. The van der Waals surface area contributed by atoms with Crippen molar-refractivity contribution in [1.82, 2.24) is 14.1 Å². The first-order chi connectivity index (χ1) is 37.8. The molecule has 4 aliphatic rings. The van der Waals surface area contributed by atoms with Crippen LogP contribution in [0.15, 0.2) is 225 Å². The first-order valence-corrected chi connectivity index (χ1v) is 26.6. The van der Waals surface area contributed by atoms with Crippen molar-refractivity contribution in [3.05, 3.63) is 282 Å². The molecular weight excluding hydrogens is 1130 g/mol. The second kappa shape index (κ2) is 17.6. The molecule has 5 nitrogen and oxygen atoms in total. The van der Waals surface area contributed by atoms with Gasteiger partial charge in [-0.15, -0.1) is 29.7 Å². The fraction of sp³-hybridized carbons (Fsp3) is 0.0833.